The van der Waals surface area contributed by atoms with Crippen LogP contribution in [0.1, 0.15) is 66.2 Å². The Bertz CT molecular complexity index is 345. The average Bonchev–Trinajstić information content (AvgIpc) is 2.64. The molecule has 4 heteroatoms. The zero-order valence-electron chi connectivity index (χ0n) is 13.9. The van der Waals surface area contributed by atoms with Gasteiger partial charge in [-0.05, 0) is 52.8 Å². The Kier molecular flexibility index (Phi) is 5.39. The van der Waals surface area contributed by atoms with Crippen LogP contribution >= 0.6 is 12.2 Å². The first-order valence-corrected chi connectivity index (χ1v) is 8.95. The smallest absolute Gasteiger partial charge is 0.172 e. The molecule has 1 heterocycles. The summed E-state index contributed by atoms with van der Waals surface area (Å²) in [6.07, 6.45) is 8.20. The predicted octanol–water partition coefficient (Wildman–Crippen LogP) is 3.22. The van der Waals surface area contributed by atoms with E-state index in [2.05, 4.69) is 45.3 Å². The third-order valence-electron chi connectivity index (χ3n) is 5.05. The number of rotatable bonds is 2. The first kappa shape index (κ1) is 16.1. The van der Waals surface area contributed by atoms with Gasteiger partial charge in [0.2, 0.25) is 0 Å². The average molecular weight is 294 g/mol. The summed E-state index contributed by atoms with van der Waals surface area (Å²) < 4.78 is 0. The fourth-order valence-electron chi connectivity index (χ4n) is 4.15. The van der Waals surface area contributed by atoms with E-state index in [9.17, 15) is 0 Å². The van der Waals surface area contributed by atoms with Gasteiger partial charge >= 0.3 is 0 Å². The van der Waals surface area contributed by atoms with E-state index in [1.54, 1.807) is 0 Å². The van der Waals surface area contributed by atoms with E-state index in [0.717, 1.165) is 10.9 Å². The van der Waals surface area contributed by atoms with Crippen molar-refractivity contribution in [1.82, 2.24) is 9.80 Å². The van der Waals surface area contributed by atoms with Crippen LogP contribution in [0.5, 0.6) is 0 Å². The molecular weight excluding hydrogens is 263 g/mol. The fourth-order valence-corrected chi connectivity index (χ4v) is 4.84. The zero-order chi connectivity index (χ0) is 14.9. The SMILES string of the molecule is BC1CCCCCC2C(C1)N(C(C)C)C(=S)N2C(C)C. The standard InChI is InChI=1S/C16H31BN2S/c1-11(2)18-14-9-7-5-6-8-13(17)10-15(14)19(12(3)4)16(18)20/h11-15H,5-10,17H2,1-4H3. The molecule has 3 unspecified atom stereocenters. The van der Waals surface area contributed by atoms with Gasteiger partial charge in [-0.1, -0.05) is 31.5 Å². The first-order valence-electron chi connectivity index (χ1n) is 8.54. The summed E-state index contributed by atoms with van der Waals surface area (Å²) in [6, 6.07) is 2.32. The summed E-state index contributed by atoms with van der Waals surface area (Å²) >= 11 is 5.84. The molecule has 2 fully saturated rings. The van der Waals surface area contributed by atoms with Crippen LogP contribution in [0, 0.1) is 0 Å². The molecule has 1 saturated heterocycles. The van der Waals surface area contributed by atoms with E-state index in [1.165, 1.54) is 38.5 Å². The van der Waals surface area contributed by atoms with Crippen LogP contribution in [0.4, 0.5) is 0 Å². The number of nitrogens with zero attached hydrogens (tertiary/aromatic N) is 2. The van der Waals surface area contributed by atoms with Gasteiger partial charge in [0.05, 0.1) is 12.1 Å². The second-order valence-corrected chi connectivity index (χ2v) is 7.76. The molecule has 1 aliphatic carbocycles. The Morgan fingerprint density at radius 2 is 1.50 bits per heavy atom. The highest BCUT2D eigenvalue weighted by atomic mass is 32.1. The highest BCUT2D eigenvalue weighted by Gasteiger charge is 2.45. The van der Waals surface area contributed by atoms with Crippen LogP contribution < -0.4 is 0 Å². The summed E-state index contributed by atoms with van der Waals surface area (Å²) in [5, 5.41) is 1.11. The lowest BCUT2D eigenvalue weighted by Gasteiger charge is -2.32. The molecule has 2 rings (SSSR count). The van der Waals surface area contributed by atoms with Crippen LogP contribution in [0.25, 0.3) is 0 Å². The predicted molar refractivity (Wildman–Crippen MR) is 94.1 cm³/mol. The Morgan fingerprint density at radius 1 is 0.950 bits per heavy atom. The number of hydrogen-bond acceptors (Lipinski definition) is 1. The van der Waals surface area contributed by atoms with Crippen LogP contribution in [-0.4, -0.2) is 46.9 Å². The summed E-state index contributed by atoms with van der Waals surface area (Å²) in [5.74, 6) is 0.830. The van der Waals surface area contributed by atoms with Gasteiger partial charge in [-0.2, -0.15) is 0 Å². The Labute approximate surface area is 131 Å². The maximum atomic E-state index is 5.84. The van der Waals surface area contributed by atoms with Crippen molar-refractivity contribution in [2.45, 2.75) is 96.2 Å². The molecule has 114 valence electrons. The van der Waals surface area contributed by atoms with Crippen molar-refractivity contribution in [1.29, 1.82) is 0 Å². The molecule has 0 spiro atoms. The lowest BCUT2D eigenvalue weighted by Crippen LogP contribution is -2.41. The maximum absolute atomic E-state index is 5.84. The zero-order valence-corrected chi connectivity index (χ0v) is 14.7. The van der Waals surface area contributed by atoms with Crippen LogP contribution in [0.15, 0.2) is 0 Å². The minimum atomic E-state index is 0.520. The molecule has 1 saturated carbocycles. The molecule has 0 aromatic carbocycles. The first-order chi connectivity index (χ1) is 9.43. The lowest BCUT2D eigenvalue weighted by molar-refractivity contribution is 0.202. The third kappa shape index (κ3) is 3.15. The largest absolute Gasteiger partial charge is 0.342 e. The minimum Gasteiger partial charge on any atom is -0.342 e. The summed E-state index contributed by atoms with van der Waals surface area (Å²) in [7, 11) is 2.43. The molecular formula is C16H31BN2S. The molecule has 3 atom stereocenters. The molecule has 20 heavy (non-hydrogen) atoms. The van der Waals surface area contributed by atoms with Crippen molar-refractivity contribution in [2.24, 2.45) is 0 Å². The highest BCUT2D eigenvalue weighted by molar-refractivity contribution is 7.80. The monoisotopic (exact) mass is 294 g/mol. The van der Waals surface area contributed by atoms with E-state index in [1.807, 2.05) is 0 Å². The Hall–Kier alpha value is -0.245. The molecule has 0 aromatic rings. The van der Waals surface area contributed by atoms with E-state index in [4.69, 9.17) is 12.2 Å². The van der Waals surface area contributed by atoms with Gasteiger partial charge < -0.3 is 9.80 Å². The van der Waals surface area contributed by atoms with Gasteiger partial charge in [-0.25, -0.2) is 0 Å². The second kappa shape index (κ2) is 6.68. The van der Waals surface area contributed by atoms with Crippen molar-refractivity contribution >= 4 is 25.2 Å². The topological polar surface area (TPSA) is 6.48 Å². The van der Waals surface area contributed by atoms with Crippen LogP contribution in [0.3, 0.4) is 0 Å². The summed E-state index contributed by atoms with van der Waals surface area (Å²) in [5.41, 5.74) is 0. The molecule has 2 aliphatic rings. The molecule has 2 nitrogen and oxygen atoms in total. The molecule has 0 aromatic heterocycles. The van der Waals surface area contributed by atoms with Crippen molar-refractivity contribution in [2.75, 3.05) is 0 Å². The van der Waals surface area contributed by atoms with E-state index in [0.29, 0.717) is 24.2 Å². The molecule has 0 radical (unpaired) electrons. The minimum absolute atomic E-state index is 0.520. The van der Waals surface area contributed by atoms with Crippen molar-refractivity contribution in [3.63, 3.8) is 0 Å². The van der Waals surface area contributed by atoms with Crippen LogP contribution in [0.2, 0.25) is 5.82 Å². The molecule has 0 bridgehead atoms. The third-order valence-corrected chi connectivity index (χ3v) is 5.48. The summed E-state index contributed by atoms with van der Waals surface area (Å²) in [4.78, 5) is 5.08. The Morgan fingerprint density at radius 3 is 2.10 bits per heavy atom. The number of thiocarbonyl (C=S) groups is 1. The number of fused-ring (bicyclic) bond motifs is 1. The highest BCUT2D eigenvalue weighted by Crippen LogP contribution is 2.37. The van der Waals surface area contributed by atoms with Crippen molar-refractivity contribution in [3.05, 3.63) is 0 Å². The van der Waals surface area contributed by atoms with E-state index < -0.39 is 0 Å². The van der Waals surface area contributed by atoms with Gasteiger partial charge in [0.1, 0.15) is 7.85 Å². The van der Waals surface area contributed by atoms with Crippen LogP contribution in [-0.2, 0) is 0 Å². The molecule has 0 N–H and O–H groups in total. The molecule has 0 amide bonds. The van der Waals surface area contributed by atoms with Gasteiger partial charge in [-0.3, -0.25) is 0 Å². The normalized spacial score (nSPS) is 32.3. The molecule has 1 aliphatic heterocycles. The van der Waals surface area contributed by atoms with Gasteiger partial charge in [0.25, 0.3) is 0 Å². The van der Waals surface area contributed by atoms with E-state index in [-0.39, 0.29) is 0 Å². The van der Waals surface area contributed by atoms with E-state index >= 15 is 0 Å². The lowest BCUT2D eigenvalue weighted by atomic mass is 9.77. The van der Waals surface area contributed by atoms with Crippen molar-refractivity contribution < 1.29 is 0 Å². The van der Waals surface area contributed by atoms with Gasteiger partial charge in [-0.15, -0.1) is 0 Å². The maximum Gasteiger partial charge on any atom is 0.172 e. The van der Waals surface area contributed by atoms with Gasteiger partial charge in [0, 0.05) is 12.1 Å². The fraction of sp³-hybridized carbons (Fsp3) is 0.938. The Balaban J connectivity index is 2.29. The quantitative estimate of drug-likeness (QED) is 0.570. The second-order valence-electron chi connectivity index (χ2n) is 7.40. The summed E-state index contributed by atoms with van der Waals surface area (Å²) in [6.45, 7) is 9.18. The van der Waals surface area contributed by atoms with Gasteiger partial charge in [0.15, 0.2) is 5.11 Å². The van der Waals surface area contributed by atoms with Crippen molar-refractivity contribution in [3.8, 4) is 0 Å². The number of hydrogen-bond donors (Lipinski definition) is 0.